The summed E-state index contributed by atoms with van der Waals surface area (Å²) in [5.41, 5.74) is 1.15. The van der Waals surface area contributed by atoms with E-state index in [1.54, 1.807) is 12.1 Å². The van der Waals surface area contributed by atoms with E-state index >= 15 is 0 Å². The van der Waals surface area contributed by atoms with Gasteiger partial charge < -0.3 is 4.74 Å². The first-order valence-corrected chi connectivity index (χ1v) is 7.66. The van der Waals surface area contributed by atoms with Gasteiger partial charge >= 0.3 is 0 Å². The van der Waals surface area contributed by atoms with Crippen molar-refractivity contribution in [3.05, 3.63) is 29.6 Å². The molecule has 1 saturated carbocycles. The van der Waals surface area contributed by atoms with E-state index in [0.29, 0.717) is 18.3 Å². The minimum atomic E-state index is -0.205. The van der Waals surface area contributed by atoms with Crippen LogP contribution < -0.4 is 4.74 Å². The van der Waals surface area contributed by atoms with Gasteiger partial charge in [-0.15, -0.1) is 0 Å². The summed E-state index contributed by atoms with van der Waals surface area (Å²) in [5.74, 6) is 1.61. The van der Waals surface area contributed by atoms with Crippen molar-refractivity contribution in [3.8, 4) is 5.75 Å². The Bertz CT molecular complexity index is 394. The zero-order valence-corrected chi connectivity index (χ0v) is 12.1. The highest BCUT2D eigenvalue weighted by molar-refractivity contribution is 5.31. The molecule has 0 radical (unpaired) electrons. The van der Waals surface area contributed by atoms with E-state index in [-0.39, 0.29) is 5.82 Å². The Hall–Kier alpha value is -1.05. The van der Waals surface area contributed by atoms with Crippen LogP contribution in [0.5, 0.6) is 5.75 Å². The molecule has 0 heterocycles. The van der Waals surface area contributed by atoms with Gasteiger partial charge in [0.2, 0.25) is 0 Å². The van der Waals surface area contributed by atoms with E-state index in [4.69, 9.17) is 4.74 Å². The molecule has 2 rings (SSSR count). The van der Waals surface area contributed by atoms with Crippen LogP contribution in [0.1, 0.15) is 63.9 Å². The van der Waals surface area contributed by atoms with Crippen molar-refractivity contribution in [3.63, 3.8) is 0 Å². The molecule has 0 spiro atoms. The maximum Gasteiger partial charge on any atom is 0.165 e. The van der Waals surface area contributed by atoms with Crippen LogP contribution in [-0.4, -0.2) is 6.61 Å². The largest absolute Gasteiger partial charge is 0.491 e. The first kappa shape index (κ1) is 14.4. The summed E-state index contributed by atoms with van der Waals surface area (Å²) in [6, 6.07) is 5.53. The highest BCUT2D eigenvalue weighted by atomic mass is 19.1. The Kier molecular flexibility index (Phi) is 5.24. The van der Waals surface area contributed by atoms with Crippen LogP contribution >= 0.6 is 0 Å². The summed E-state index contributed by atoms with van der Waals surface area (Å²) in [7, 11) is 0. The molecule has 0 aromatic heterocycles. The van der Waals surface area contributed by atoms with Gasteiger partial charge in [0.05, 0.1) is 6.61 Å². The zero-order valence-electron chi connectivity index (χ0n) is 12.1. The van der Waals surface area contributed by atoms with Crippen molar-refractivity contribution in [1.29, 1.82) is 0 Å². The molecule has 0 unspecified atom stereocenters. The molecule has 0 aliphatic heterocycles. The minimum absolute atomic E-state index is 0.205. The van der Waals surface area contributed by atoms with E-state index in [1.807, 2.05) is 13.0 Å². The number of hydrogen-bond acceptors (Lipinski definition) is 1. The molecule has 19 heavy (non-hydrogen) atoms. The summed E-state index contributed by atoms with van der Waals surface area (Å²) >= 11 is 0. The average molecular weight is 264 g/mol. The standard InChI is InChI=1S/C17H25FO/c1-3-11-19-17-10-9-15(12-16(17)18)14-7-5-13(4-2)6-8-14/h9-10,12-14H,3-8,11H2,1-2H3. The monoisotopic (exact) mass is 264 g/mol. The molecular weight excluding hydrogens is 239 g/mol. The van der Waals surface area contributed by atoms with Crippen LogP contribution in [0.4, 0.5) is 4.39 Å². The molecule has 1 aromatic rings. The second kappa shape index (κ2) is 6.93. The van der Waals surface area contributed by atoms with E-state index in [1.165, 1.54) is 32.1 Å². The predicted octanol–water partition coefficient (Wildman–Crippen LogP) is 5.30. The lowest BCUT2D eigenvalue weighted by molar-refractivity contribution is 0.299. The van der Waals surface area contributed by atoms with E-state index in [2.05, 4.69) is 6.92 Å². The number of benzene rings is 1. The summed E-state index contributed by atoms with van der Waals surface area (Å²) < 4.78 is 19.3. The van der Waals surface area contributed by atoms with Gasteiger partial charge in [0, 0.05) is 0 Å². The Morgan fingerprint density at radius 2 is 1.89 bits per heavy atom. The number of rotatable bonds is 5. The van der Waals surface area contributed by atoms with Crippen LogP contribution in [0.25, 0.3) is 0 Å². The lowest BCUT2D eigenvalue weighted by Crippen LogP contribution is -2.12. The second-order valence-corrected chi connectivity index (χ2v) is 5.66. The Balaban J connectivity index is 1.99. The molecule has 1 fully saturated rings. The van der Waals surface area contributed by atoms with E-state index < -0.39 is 0 Å². The topological polar surface area (TPSA) is 9.23 Å². The third-order valence-corrected chi connectivity index (χ3v) is 4.31. The molecule has 0 amide bonds. The van der Waals surface area contributed by atoms with E-state index in [9.17, 15) is 4.39 Å². The van der Waals surface area contributed by atoms with Gasteiger partial charge in [0.25, 0.3) is 0 Å². The summed E-state index contributed by atoms with van der Waals surface area (Å²) in [5, 5.41) is 0. The summed E-state index contributed by atoms with van der Waals surface area (Å²) in [6.45, 7) is 4.88. The molecule has 0 bridgehead atoms. The smallest absolute Gasteiger partial charge is 0.165 e. The number of halogens is 1. The fraction of sp³-hybridized carbons (Fsp3) is 0.647. The van der Waals surface area contributed by atoms with Crippen molar-refractivity contribution in [2.45, 2.75) is 58.3 Å². The van der Waals surface area contributed by atoms with Gasteiger partial charge in [-0.05, 0) is 61.6 Å². The SMILES string of the molecule is CCCOc1ccc(C2CCC(CC)CC2)cc1F. The zero-order chi connectivity index (χ0) is 13.7. The molecule has 1 nitrogen and oxygen atoms in total. The molecule has 0 saturated heterocycles. The van der Waals surface area contributed by atoms with Crippen LogP contribution in [0.15, 0.2) is 18.2 Å². The van der Waals surface area contributed by atoms with Crippen molar-refractivity contribution in [2.24, 2.45) is 5.92 Å². The van der Waals surface area contributed by atoms with E-state index in [0.717, 1.165) is 17.9 Å². The van der Waals surface area contributed by atoms with Gasteiger partial charge in [0.15, 0.2) is 11.6 Å². The fourth-order valence-electron chi connectivity index (χ4n) is 3.00. The van der Waals surface area contributed by atoms with Crippen molar-refractivity contribution in [2.75, 3.05) is 6.61 Å². The maximum atomic E-state index is 13.9. The first-order chi connectivity index (χ1) is 9.24. The molecule has 106 valence electrons. The first-order valence-electron chi connectivity index (χ1n) is 7.66. The number of ether oxygens (including phenoxy) is 1. The summed E-state index contributed by atoms with van der Waals surface area (Å²) in [4.78, 5) is 0. The molecule has 0 atom stereocenters. The van der Waals surface area contributed by atoms with Gasteiger partial charge in [-0.1, -0.05) is 26.3 Å². The van der Waals surface area contributed by atoms with Gasteiger partial charge in [-0.25, -0.2) is 4.39 Å². The third-order valence-electron chi connectivity index (χ3n) is 4.31. The second-order valence-electron chi connectivity index (χ2n) is 5.66. The Morgan fingerprint density at radius 1 is 1.16 bits per heavy atom. The fourth-order valence-corrected chi connectivity index (χ4v) is 3.00. The van der Waals surface area contributed by atoms with Crippen LogP contribution in [-0.2, 0) is 0 Å². The van der Waals surface area contributed by atoms with Crippen LogP contribution in [0.2, 0.25) is 0 Å². The Labute approximate surface area is 116 Å². The third kappa shape index (κ3) is 3.71. The summed E-state index contributed by atoms with van der Waals surface area (Å²) in [6.07, 6.45) is 7.17. The van der Waals surface area contributed by atoms with Crippen molar-refractivity contribution in [1.82, 2.24) is 0 Å². The normalized spacial score (nSPS) is 23.3. The van der Waals surface area contributed by atoms with Crippen LogP contribution in [0, 0.1) is 11.7 Å². The number of hydrogen-bond donors (Lipinski definition) is 0. The van der Waals surface area contributed by atoms with Crippen molar-refractivity contribution >= 4 is 0 Å². The minimum Gasteiger partial charge on any atom is -0.491 e. The molecule has 0 N–H and O–H groups in total. The van der Waals surface area contributed by atoms with Gasteiger partial charge in [-0.3, -0.25) is 0 Å². The Morgan fingerprint density at radius 3 is 2.47 bits per heavy atom. The lowest BCUT2D eigenvalue weighted by atomic mass is 9.78. The quantitative estimate of drug-likeness (QED) is 0.701. The molecule has 1 aliphatic rings. The van der Waals surface area contributed by atoms with Crippen LogP contribution in [0.3, 0.4) is 0 Å². The van der Waals surface area contributed by atoms with Gasteiger partial charge in [0.1, 0.15) is 0 Å². The average Bonchev–Trinajstić information content (AvgIpc) is 2.46. The molecule has 1 aliphatic carbocycles. The van der Waals surface area contributed by atoms with Gasteiger partial charge in [-0.2, -0.15) is 0 Å². The lowest BCUT2D eigenvalue weighted by Gasteiger charge is -2.28. The maximum absolute atomic E-state index is 13.9. The molecular formula is C17H25FO. The highest BCUT2D eigenvalue weighted by Crippen LogP contribution is 2.37. The molecule has 2 heteroatoms. The molecule has 1 aromatic carbocycles. The predicted molar refractivity (Wildman–Crippen MR) is 77.2 cm³/mol. The highest BCUT2D eigenvalue weighted by Gasteiger charge is 2.22. The van der Waals surface area contributed by atoms with Crippen molar-refractivity contribution < 1.29 is 9.13 Å².